The predicted molar refractivity (Wildman–Crippen MR) is 92.3 cm³/mol. The molecule has 0 bridgehead atoms. The predicted octanol–water partition coefficient (Wildman–Crippen LogP) is 2.57. The summed E-state index contributed by atoms with van der Waals surface area (Å²) in [5.41, 5.74) is 0.363. The summed E-state index contributed by atoms with van der Waals surface area (Å²) in [7, 11) is 1.57. The molecule has 0 spiro atoms. The molecule has 3 rings (SSSR count). The van der Waals surface area contributed by atoms with Gasteiger partial charge in [-0.3, -0.25) is 4.79 Å². The number of ether oxygens (including phenoxy) is 1. The van der Waals surface area contributed by atoms with E-state index < -0.39 is 5.41 Å². The number of nitriles is 1. The number of rotatable bonds is 5. The summed E-state index contributed by atoms with van der Waals surface area (Å²) in [6.07, 6.45) is 4.46. The molecule has 1 saturated heterocycles. The number of carbonyl (C=O) groups excluding carboxylic acids is 1. The maximum Gasteiger partial charge on any atom is 0.236 e. The van der Waals surface area contributed by atoms with Crippen LogP contribution in [-0.4, -0.2) is 42.6 Å². The number of nitrogens with zero attached hydrogens (tertiary/aromatic N) is 3. The van der Waals surface area contributed by atoms with Crippen molar-refractivity contribution in [1.29, 1.82) is 5.26 Å². The van der Waals surface area contributed by atoms with Crippen LogP contribution in [-0.2, 0) is 9.53 Å². The second-order valence-corrected chi connectivity index (χ2v) is 6.87. The topological polar surface area (TPSA) is 78.2 Å². The average molecular weight is 342 g/mol. The van der Waals surface area contributed by atoms with E-state index in [-0.39, 0.29) is 12.5 Å². The van der Waals surface area contributed by atoms with E-state index in [9.17, 15) is 4.79 Å². The summed E-state index contributed by atoms with van der Waals surface area (Å²) in [5.74, 6) is -0.143. The van der Waals surface area contributed by atoms with Crippen LogP contribution in [0.25, 0.3) is 10.4 Å². The van der Waals surface area contributed by atoms with Crippen LogP contribution < -0.4 is 5.32 Å². The second kappa shape index (κ2) is 6.99. The minimum absolute atomic E-state index is 0.143. The highest BCUT2D eigenvalue weighted by Crippen LogP contribution is 2.34. The first-order valence-corrected chi connectivity index (χ1v) is 8.45. The molecule has 6 nitrogen and oxygen atoms in total. The van der Waals surface area contributed by atoms with E-state index in [0.717, 1.165) is 10.4 Å². The van der Waals surface area contributed by atoms with Crippen molar-refractivity contribution >= 4 is 22.4 Å². The van der Waals surface area contributed by atoms with E-state index >= 15 is 0 Å². The highest BCUT2D eigenvalue weighted by Gasteiger charge is 2.45. The van der Waals surface area contributed by atoms with E-state index in [2.05, 4.69) is 16.5 Å². The van der Waals surface area contributed by atoms with Gasteiger partial charge in [0.2, 0.25) is 5.91 Å². The fourth-order valence-corrected chi connectivity index (χ4v) is 3.72. The molecule has 24 heavy (non-hydrogen) atoms. The van der Waals surface area contributed by atoms with Crippen LogP contribution in [0.1, 0.15) is 6.42 Å². The summed E-state index contributed by atoms with van der Waals surface area (Å²) in [6, 6.07) is 9.91. The van der Waals surface area contributed by atoms with Crippen LogP contribution in [0.2, 0.25) is 0 Å². The molecule has 1 fully saturated rings. The molecule has 1 amide bonds. The lowest BCUT2D eigenvalue weighted by atomic mass is 9.87. The number of methoxy groups -OCH3 is 1. The normalized spacial score (nSPS) is 19.9. The Morgan fingerprint density at radius 1 is 1.50 bits per heavy atom. The van der Waals surface area contributed by atoms with Gasteiger partial charge < -0.3 is 15.0 Å². The molecular weight excluding hydrogens is 324 g/mol. The zero-order valence-corrected chi connectivity index (χ0v) is 14.2. The number of nitrogens with one attached hydrogen (secondary N) is 1. The fourth-order valence-electron chi connectivity index (χ4n) is 2.90. The Balaban J connectivity index is 1.74. The molecule has 0 aliphatic carbocycles. The van der Waals surface area contributed by atoms with Gasteiger partial charge in [-0.1, -0.05) is 41.7 Å². The van der Waals surface area contributed by atoms with Crippen LogP contribution in [0.5, 0.6) is 0 Å². The van der Waals surface area contributed by atoms with Crippen LogP contribution in [0.3, 0.4) is 0 Å². The Bertz CT molecular complexity index is 755. The van der Waals surface area contributed by atoms with Crippen molar-refractivity contribution < 1.29 is 9.53 Å². The van der Waals surface area contributed by atoms with Gasteiger partial charge in [0, 0.05) is 26.4 Å². The van der Waals surface area contributed by atoms with Gasteiger partial charge in [0.05, 0.1) is 16.9 Å². The SMILES string of the molecule is COCC1(C(=O)Nc2ncc(-c3ccccc3)s2)CCN(C#N)C1. The van der Waals surface area contributed by atoms with Gasteiger partial charge in [0.1, 0.15) is 0 Å². The third-order valence-corrected chi connectivity index (χ3v) is 5.14. The van der Waals surface area contributed by atoms with Gasteiger partial charge in [0.15, 0.2) is 11.3 Å². The average Bonchev–Trinajstić information content (AvgIpc) is 3.24. The minimum atomic E-state index is -0.705. The number of likely N-dealkylation sites (tertiary alicyclic amines) is 1. The molecule has 1 aromatic carbocycles. The molecule has 1 aliphatic rings. The number of benzene rings is 1. The van der Waals surface area contributed by atoms with E-state index in [1.807, 2.05) is 30.3 Å². The van der Waals surface area contributed by atoms with Crippen molar-refractivity contribution in [2.24, 2.45) is 5.41 Å². The fraction of sp³-hybridized carbons (Fsp3) is 0.353. The first kappa shape index (κ1) is 16.4. The number of carbonyl (C=O) groups is 1. The number of hydrogen-bond acceptors (Lipinski definition) is 6. The Kier molecular flexibility index (Phi) is 4.79. The summed E-state index contributed by atoms with van der Waals surface area (Å²) in [5, 5.41) is 12.5. The minimum Gasteiger partial charge on any atom is -0.383 e. The Morgan fingerprint density at radius 3 is 2.96 bits per heavy atom. The summed E-state index contributed by atoms with van der Waals surface area (Å²) >= 11 is 1.43. The molecule has 1 N–H and O–H groups in total. The molecule has 7 heteroatoms. The maximum absolute atomic E-state index is 12.8. The molecule has 1 atom stereocenters. The molecule has 2 aromatic rings. The monoisotopic (exact) mass is 342 g/mol. The van der Waals surface area contributed by atoms with Crippen molar-refractivity contribution in [2.45, 2.75) is 6.42 Å². The Hall–Kier alpha value is -2.43. The van der Waals surface area contributed by atoms with Crippen LogP contribution >= 0.6 is 11.3 Å². The highest BCUT2D eigenvalue weighted by molar-refractivity contribution is 7.19. The Labute approximate surface area is 144 Å². The highest BCUT2D eigenvalue weighted by atomic mass is 32.1. The van der Waals surface area contributed by atoms with Crippen LogP contribution in [0, 0.1) is 16.9 Å². The molecule has 0 radical (unpaired) electrons. The van der Waals surface area contributed by atoms with Crippen molar-refractivity contribution in [3.05, 3.63) is 36.5 Å². The van der Waals surface area contributed by atoms with Gasteiger partial charge >= 0.3 is 0 Å². The molecule has 1 aliphatic heterocycles. The van der Waals surface area contributed by atoms with Crippen molar-refractivity contribution in [2.75, 3.05) is 32.1 Å². The smallest absolute Gasteiger partial charge is 0.236 e. The van der Waals surface area contributed by atoms with Crippen molar-refractivity contribution in [3.8, 4) is 16.6 Å². The number of aromatic nitrogens is 1. The molecule has 124 valence electrons. The lowest BCUT2D eigenvalue weighted by Crippen LogP contribution is -2.42. The number of amides is 1. The quantitative estimate of drug-likeness (QED) is 0.845. The van der Waals surface area contributed by atoms with Crippen molar-refractivity contribution in [1.82, 2.24) is 9.88 Å². The van der Waals surface area contributed by atoms with Crippen LogP contribution in [0.15, 0.2) is 36.5 Å². The maximum atomic E-state index is 12.8. The van der Waals surface area contributed by atoms with Gasteiger partial charge in [-0.2, -0.15) is 5.26 Å². The van der Waals surface area contributed by atoms with E-state index in [1.165, 1.54) is 11.3 Å². The third kappa shape index (κ3) is 3.25. The third-order valence-electron chi connectivity index (χ3n) is 4.18. The van der Waals surface area contributed by atoms with E-state index in [0.29, 0.717) is 24.6 Å². The number of thiazole rings is 1. The molecule has 1 aromatic heterocycles. The zero-order chi connectivity index (χ0) is 17.0. The van der Waals surface area contributed by atoms with E-state index in [4.69, 9.17) is 10.00 Å². The standard InChI is InChI=1S/C17H18N4O2S/c1-23-11-17(7-8-21(10-17)12-18)15(22)20-16-19-9-14(24-16)13-5-3-2-4-6-13/h2-6,9H,7-8,10-11H2,1H3,(H,19,20,22). The van der Waals surface area contributed by atoms with Gasteiger partial charge in [-0.25, -0.2) is 4.98 Å². The number of anilines is 1. The van der Waals surface area contributed by atoms with Crippen LogP contribution in [0.4, 0.5) is 5.13 Å². The summed E-state index contributed by atoms with van der Waals surface area (Å²) in [6.45, 7) is 1.23. The van der Waals surface area contributed by atoms with E-state index in [1.54, 1.807) is 18.2 Å². The summed E-state index contributed by atoms with van der Waals surface area (Å²) < 4.78 is 5.24. The molecular formula is C17H18N4O2S. The molecule has 0 saturated carbocycles. The van der Waals surface area contributed by atoms with Gasteiger partial charge in [-0.05, 0) is 12.0 Å². The summed E-state index contributed by atoms with van der Waals surface area (Å²) in [4.78, 5) is 19.7. The molecule has 2 heterocycles. The largest absolute Gasteiger partial charge is 0.383 e. The second-order valence-electron chi connectivity index (χ2n) is 5.83. The zero-order valence-electron chi connectivity index (χ0n) is 13.4. The number of hydrogen-bond donors (Lipinski definition) is 1. The van der Waals surface area contributed by atoms with Gasteiger partial charge in [0.25, 0.3) is 0 Å². The lowest BCUT2D eigenvalue weighted by Gasteiger charge is -2.25. The first-order chi connectivity index (χ1) is 11.7. The lowest BCUT2D eigenvalue weighted by molar-refractivity contribution is -0.127. The molecule has 1 unspecified atom stereocenters. The van der Waals surface area contributed by atoms with Crippen molar-refractivity contribution in [3.63, 3.8) is 0 Å². The van der Waals surface area contributed by atoms with Gasteiger partial charge in [-0.15, -0.1) is 0 Å². The first-order valence-electron chi connectivity index (χ1n) is 7.63. The Morgan fingerprint density at radius 2 is 2.29 bits per heavy atom.